The molecule has 0 radical (unpaired) electrons. The van der Waals surface area contributed by atoms with Crippen LogP contribution in [-0.4, -0.2) is 4.98 Å². The van der Waals surface area contributed by atoms with Gasteiger partial charge in [-0.25, -0.2) is 4.98 Å². The maximum atomic E-state index is 12.9. The first-order valence-corrected chi connectivity index (χ1v) is 5.68. The molecule has 2 aromatic rings. The Bertz CT molecular complexity index is 683. The normalized spacial score (nSPS) is 11.2. The summed E-state index contributed by atoms with van der Waals surface area (Å²) in [6.07, 6.45) is -4.65. The molecule has 0 unspecified atom stereocenters. The van der Waals surface area contributed by atoms with E-state index >= 15 is 0 Å². The van der Waals surface area contributed by atoms with Crippen molar-refractivity contribution in [2.45, 2.75) is 13.1 Å². The number of nitrogen functional groups attached to an aromatic ring is 1. The fourth-order valence-electron chi connectivity index (χ4n) is 1.78. The molecule has 2 N–H and O–H groups in total. The quantitative estimate of drug-likeness (QED) is 0.867. The Kier molecular flexibility index (Phi) is 3.36. The monoisotopic (exact) mass is 277 g/mol. The molecule has 20 heavy (non-hydrogen) atoms. The summed E-state index contributed by atoms with van der Waals surface area (Å²) in [5.74, 6) is -0.419. The SMILES string of the molecule is Cc1ccc(-c2cc(C(F)(F)F)c(C#N)c(N)n2)cc1. The number of hydrogen-bond acceptors (Lipinski definition) is 3. The lowest BCUT2D eigenvalue weighted by atomic mass is 10.0. The number of benzene rings is 1. The first-order chi connectivity index (χ1) is 9.32. The van der Waals surface area contributed by atoms with Gasteiger partial charge in [-0.05, 0) is 13.0 Å². The molecule has 0 aliphatic rings. The lowest BCUT2D eigenvalue weighted by Gasteiger charge is -2.12. The zero-order valence-corrected chi connectivity index (χ0v) is 10.5. The first-order valence-electron chi connectivity index (χ1n) is 5.68. The number of nitriles is 1. The second kappa shape index (κ2) is 4.85. The molecule has 0 fully saturated rings. The predicted octanol–water partition coefficient (Wildman–Crippen LogP) is 3.53. The van der Waals surface area contributed by atoms with Gasteiger partial charge in [-0.3, -0.25) is 0 Å². The Morgan fingerprint density at radius 2 is 1.80 bits per heavy atom. The smallest absolute Gasteiger partial charge is 0.383 e. The Balaban J connectivity index is 2.66. The first kappa shape index (κ1) is 13.9. The summed E-state index contributed by atoms with van der Waals surface area (Å²) in [7, 11) is 0. The molecule has 2 rings (SSSR count). The summed E-state index contributed by atoms with van der Waals surface area (Å²) in [5, 5.41) is 8.79. The average Bonchev–Trinajstić information content (AvgIpc) is 2.37. The maximum absolute atomic E-state index is 12.9. The highest BCUT2D eigenvalue weighted by atomic mass is 19.4. The van der Waals surface area contributed by atoms with E-state index in [-0.39, 0.29) is 5.69 Å². The van der Waals surface area contributed by atoms with Crippen molar-refractivity contribution in [3.05, 3.63) is 47.0 Å². The molecule has 0 aliphatic carbocycles. The third-order valence-corrected chi connectivity index (χ3v) is 2.81. The van der Waals surface area contributed by atoms with Gasteiger partial charge in [0.15, 0.2) is 0 Å². The van der Waals surface area contributed by atoms with Gasteiger partial charge < -0.3 is 5.73 Å². The van der Waals surface area contributed by atoms with Crippen molar-refractivity contribution in [2.75, 3.05) is 5.73 Å². The van der Waals surface area contributed by atoms with Crippen LogP contribution in [0.1, 0.15) is 16.7 Å². The summed E-state index contributed by atoms with van der Waals surface area (Å²) in [6, 6.07) is 9.13. The van der Waals surface area contributed by atoms with E-state index in [4.69, 9.17) is 11.0 Å². The second-order valence-electron chi connectivity index (χ2n) is 4.29. The standard InChI is InChI=1S/C14H10F3N3/c1-8-2-4-9(5-3-8)12-6-11(14(15,16)17)10(7-18)13(19)20-12/h2-6H,1H3,(H2,19,20). The van der Waals surface area contributed by atoms with Crippen molar-refractivity contribution in [1.82, 2.24) is 4.98 Å². The summed E-state index contributed by atoms with van der Waals surface area (Å²) >= 11 is 0. The van der Waals surface area contributed by atoms with E-state index in [1.54, 1.807) is 24.3 Å². The molecule has 0 spiro atoms. The minimum absolute atomic E-state index is 0.0915. The van der Waals surface area contributed by atoms with Crippen molar-refractivity contribution < 1.29 is 13.2 Å². The van der Waals surface area contributed by atoms with Gasteiger partial charge in [-0.15, -0.1) is 0 Å². The van der Waals surface area contributed by atoms with E-state index in [1.165, 1.54) is 6.07 Å². The van der Waals surface area contributed by atoms with Gasteiger partial charge in [0.1, 0.15) is 17.5 Å². The van der Waals surface area contributed by atoms with Crippen LogP contribution in [-0.2, 0) is 6.18 Å². The summed E-state index contributed by atoms with van der Waals surface area (Å²) in [4.78, 5) is 3.87. The van der Waals surface area contributed by atoms with Crippen molar-refractivity contribution in [1.29, 1.82) is 5.26 Å². The van der Waals surface area contributed by atoms with Crippen LogP contribution in [0.4, 0.5) is 19.0 Å². The predicted molar refractivity (Wildman–Crippen MR) is 68.5 cm³/mol. The van der Waals surface area contributed by atoms with E-state index in [2.05, 4.69) is 4.98 Å². The Morgan fingerprint density at radius 1 is 1.20 bits per heavy atom. The zero-order chi connectivity index (χ0) is 14.9. The summed E-state index contributed by atoms with van der Waals surface area (Å²) in [6.45, 7) is 1.87. The fourth-order valence-corrected chi connectivity index (χ4v) is 1.78. The summed E-state index contributed by atoms with van der Waals surface area (Å²) in [5.41, 5.74) is 5.33. The molecule has 0 bridgehead atoms. The van der Waals surface area contributed by atoms with Crippen LogP contribution >= 0.6 is 0 Å². The topological polar surface area (TPSA) is 62.7 Å². The number of anilines is 1. The van der Waals surface area contributed by atoms with Crippen LogP contribution in [0, 0.1) is 18.3 Å². The number of nitrogens with two attached hydrogens (primary N) is 1. The highest BCUT2D eigenvalue weighted by Gasteiger charge is 2.35. The third-order valence-electron chi connectivity index (χ3n) is 2.81. The molecule has 1 aromatic carbocycles. The summed E-state index contributed by atoms with van der Waals surface area (Å²) < 4.78 is 38.8. The molecule has 0 aliphatic heterocycles. The van der Waals surface area contributed by atoms with Crippen molar-refractivity contribution in [2.24, 2.45) is 0 Å². The third kappa shape index (κ3) is 2.57. The zero-order valence-electron chi connectivity index (χ0n) is 10.5. The molecule has 0 saturated carbocycles. The van der Waals surface area contributed by atoms with Gasteiger partial charge in [0.25, 0.3) is 0 Å². The molecular formula is C14H10F3N3. The number of alkyl halides is 3. The van der Waals surface area contributed by atoms with Crippen LogP contribution in [0.15, 0.2) is 30.3 Å². The minimum Gasteiger partial charge on any atom is -0.383 e. The molecule has 0 saturated heterocycles. The molecule has 0 amide bonds. The molecule has 0 atom stereocenters. The Labute approximate surface area is 113 Å². The van der Waals surface area contributed by atoms with Crippen LogP contribution in [0.3, 0.4) is 0 Å². The highest BCUT2D eigenvalue weighted by molar-refractivity contribution is 5.67. The van der Waals surface area contributed by atoms with Crippen LogP contribution in [0.25, 0.3) is 11.3 Å². The van der Waals surface area contributed by atoms with Gasteiger partial charge in [-0.1, -0.05) is 29.8 Å². The van der Waals surface area contributed by atoms with E-state index in [9.17, 15) is 13.2 Å². The number of aromatic nitrogens is 1. The minimum atomic E-state index is -4.65. The van der Waals surface area contributed by atoms with Crippen LogP contribution in [0.5, 0.6) is 0 Å². The molecule has 1 heterocycles. The number of aryl methyl sites for hydroxylation is 1. The van der Waals surface area contributed by atoms with Gasteiger partial charge in [0.05, 0.1) is 11.3 Å². The molecular weight excluding hydrogens is 267 g/mol. The van der Waals surface area contributed by atoms with E-state index in [1.807, 2.05) is 6.92 Å². The Morgan fingerprint density at radius 3 is 2.30 bits per heavy atom. The number of nitrogens with zero attached hydrogens (tertiary/aromatic N) is 2. The molecule has 1 aromatic heterocycles. The van der Waals surface area contributed by atoms with Gasteiger partial charge in [-0.2, -0.15) is 18.4 Å². The lowest BCUT2D eigenvalue weighted by molar-refractivity contribution is -0.137. The van der Waals surface area contributed by atoms with Gasteiger partial charge >= 0.3 is 6.18 Å². The molecule has 3 nitrogen and oxygen atoms in total. The Hall–Kier alpha value is -2.55. The van der Waals surface area contributed by atoms with E-state index in [0.29, 0.717) is 5.56 Å². The second-order valence-corrected chi connectivity index (χ2v) is 4.29. The van der Waals surface area contributed by atoms with Crippen LogP contribution in [0.2, 0.25) is 0 Å². The van der Waals surface area contributed by atoms with Crippen molar-refractivity contribution in [3.63, 3.8) is 0 Å². The van der Waals surface area contributed by atoms with Crippen molar-refractivity contribution in [3.8, 4) is 17.3 Å². The maximum Gasteiger partial charge on any atom is 0.417 e. The largest absolute Gasteiger partial charge is 0.417 e. The number of hydrogen-bond donors (Lipinski definition) is 1. The van der Waals surface area contributed by atoms with Crippen LogP contribution < -0.4 is 5.73 Å². The van der Waals surface area contributed by atoms with Gasteiger partial charge in [0, 0.05) is 5.56 Å². The lowest BCUT2D eigenvalue weighted by Crippen LogP contribution is -2.11. The molecule has 6 heteroatoms. The van der Waals surface area contributed by atoms with Gasteiger partial charge in [0.2, 0.25) is 0 Å². The fraction of sp³-hybridized carbons (Fsp3) is 0.143. The average molecular weight is 277 g/mol. The highest BCUT2D eigenvalue weighted by Crippen LogP contribution is 2.35. The van der Waals surface area contributed by atoms with Crippen molar-refractivity contribution >= 4 is 5.82 Å². The number of halogens is 3. The molecule has 102 valence electrons. The van der Waals surface area contributed by atoms with E-state index < -0.39 is 23.1 Å². The van der Waals surface area contributed by atoms with E-state index in [0.717, 1.165) is 11.6 Å². The number of pyridine rings is 1. The number of rotatable bonds is 1.